The largest absolute Gasteiger partial charge is 0.457 e. The molecule has 0 amide bonds. The summed E-state index contributed by atoms with van der Waals surface area (Å²) in [6.07, 6.45) is 1.71. The lowest BCUT2D eigenvalue weighted by Crippen LogP contribution is -2.43. The highest BCUT2D eigenvalue weighted by Gasteiger charge is 2.23. The second-order valence-electron chi connectivity index (χ2n) is 7.36. The SMILES string of the molecule is O=S(=O)(c1ccc(Oc2ccccc2)cc1)c1cc2c(N3CCNCC3)nccc2[nH]1. The number of sulfone groups is 1. The van der Waals surface area contributed by atoms with Gasteiger partial charge in [0, 0.05) is 37.8 Å². The number of benzene rings is 2. The number of fused-ring (bicyclic) bond motifs is 1. The molecule has 158 valence electrons. The van der Waals surface area contributed by atoms with Crippen molar-refractivity contribution in [2.75, 3.05) is 31.1 Å². The first-order valence-electron chi connectivity index (χ1n) is 10.1. The summed E-state index contributed by atoms with van der Waals surface area (Å²) in [5.41, 5.74) is 0.756. The molecular weight excluding hydrogens is 412 g/mol. The van der Waals surface area contributed by atoms with E-state index in [-0.39, 0.29) is 9.92 Å². The van der Waals surface area contributed by atoms with Gasteiger partial charge in [0.05, 0.1) is 10.4 Å². The molecule has 1 fully saturated rings. The van der Waals surface area contributed by atoms with Crippen LogP contribution < -0.4 is 15.0 Å². The van der Waals surface area contributed by atoms with Crippen molar-refractivity contribution >= 4 is 26.6 Å². The molecule has 0 atom stereocenters. The van der Waals surface area contributed by atoms with Crippen LogP contribution in [-0.4, -0.2) is 44.6 Å². The van der Waals surface area contributed by atoms with Crippen molar-refractivity contribution in [1.82, 2.24) is 15.3 Å². The molecule has 0 radical (unpaired) electrons. The van der Waals surface area contributed by atoms with Crippen molar-refractivity contribution in [2.45, 2.75) is 9.92 Å². The Kier molecular flexibility index (Phi) is 5.09. The number of hydrogen-bond acceptors (Lipinski definition) is 6. The predicted molar refractivity (Wildman–Crippen MR) is 120 cm³/mol. The third kappa shape index (κ3) is 3.87. The van der Waals surface area contributed by atoms with Crippen LogP contribution in [0.25, 0.3) is 10.9 Å². The van der Waals surface area contributed by atoms with Crippen molar-refractivity contribution in [3.8, 4) is 11.5 Å². The summed E-state index contributed by atoms with van der Waals surface area (Å²) in [6.45, 7) is 3.43. The minimum Gasteiger partial charge on any atom is -0.457 e. The van der Waals surface area contributed by atoms with E-state index < -0.39 is 9.84 Å². The number of anilines is 1. The number of aromatic nitrogens is 2. The van der Waals surface area contributed by atoms with Gasteiger partial charge < -0.3 is 19.9 Å². The maximum atomic E-state index is 13.2. The van der Waals surface area contributed by atoms with Crippen LogP contribution in [0, 0.1) is 0 Å². The highest BCUT2D eigenvalue weighted by atomic mass is 32.2. The van der Waals surface area contributed by atoms with Gasteiger partial charge in [-0.05, 0) is 48.5 Å². The van der Waals surface area contributed by atoms with E-state index in [1.807, 2.05) is 30.3 Å². The highest BCUT2D eigenvalue weighted by Crippen LogP contribution is 2.31. The first kappa shape index (κ1) is 19.6. The molecule has 0 bridgehead atoms. The van der Waals surface area contributed by atoms with Gasteiger partial charge in [-0.25, -0.2) is 13.4 Å². The minimum atomic E-state index is -3.71. The zero-order chi connectivity index (χ0) is 21.3. The van der Waals surface area contributed by atoms with Crippen molar-refractivity contribution in [2.24, 2.45) is 0 Å². The zero-order valence-electron chi connectivity index (χ0n) is 16.8. The fourth-order valence-corrected chi connectivity index (χ4v) is 4.99. The number of pyridine rings is 1. The van der Waals surface area contributed by atoms with Crippen LogP contribution in [0.3, 0.4) is 0 Å². The highest BCUT2D eigenvalue weighted by molar-refractivity contribution is 7.91. The molecule has 31 heavy (non-hydrogen) atoms. The first-order valence-corrected chi connectivity index (χ1v) is 11.6. The number of H-pyrrole nitrogens is 1. The van der Waals surface area contributed by atoms with E-state index in [0.717, 1.165) is 42.9 Å². The maximum absolute atomic E-state index is 13.2. The topological polar surface area (TPSA) is 87.3 Å². The molecule has 8 heteroatoms. The summed E-state index contributed by atoms with van der Waals surface area (Å²) in [6, 6.07) is 19.3. The second-order valence-corrected chi connectivity index (χ2v) is 9.27. The molecule has 4 aromatic rings. The van der Waals surface area contributed by atoms with E-state index in [9.17, 15) is 8.42 Å². The van der Waals surface area contributed by atoms with Crippen LogP contribution >= 0.6 is 0 Å². The molecule has 1 aliphatic heterocycles. The van der Waals surface area contributed by atoms with Crippen LogP contribution in [0.2, 0.25) is 0 Å². The number of rotatable bonds is 5. The molecule has 2 aromatic heterocycles. The third-order valence-corrected chi connectivity index (χ3v) is 7.01. The number of nitrogens with zero attached hydrogens (tertiary/aromatic N) is 2. The van der Waals surface area contributed by atoms with Gasteiger partial charge in [-0.15, -0.1) is 0 Å². The molecule has 0 aliphatic carbocycles. The normalized spacial score (nSPS) is 14.6. The lowest BCUT2D eigenvalue weighted by molar-refractivity contribution is 0.482. The molecule has 0 saturated carbocycles. The van der Waals surface area contributed by atoms with Gasteiger partial charge in [0.1, 0.15) is 22.3 Å². The van der Waals surface area contributed by atoms with Gasteiger partial charge in [-0.3, -0.25) is 0 Å². The minimum absolute atomic E-state index is 0.156. The third-order valence-electron chi connectivity index (χ3n) is 5.32. The lowest BCUT2D eigenvalue weighted by atomic mass is 10.2. The van der Waals surface area contributed by atoms with E-state index in [1.165, 1.54) is 0 Å². The van der Waals surface area contributed by atoms with Gasteiger partial charge in [-0.2, -0.15) is 0 Å². The molecule has 7 nitrogen and oxygen atoms in total. The number of ether oxygens (including phenoxy) is 1. The average molecular weight is 435 g/mol. The van der Waals surface area contributed by atoms with Gasteiger partial charge in [0.15, 0.2) is 0 Å². The predicted octanol–water partition coefficient (Wildman–Crippen LogP) is 3.60. The van der Waals surface area contributed by atoms with Gasteiger partial charge in [-0.1, -0.05) is 18.2 Å². The molecule has 2 aromatic carbocycles. The number of aromatic amines is 1. The van der Waals surface area contributed by atoms with E-state index in [0.29, 0.717) is 11.5 Å². The van der Waals surface area contributed by atoms with Crippen LogP contribution in [-0.2, 0) is 9.84 Å². The van der Waals surface area contributed by atoms with Gasteiger partial charge in [0.25, 0.3) is 0 Å². The summed E-state index contributed by atoms with van der Waals surface area (Å²) >= 11 is 0. The molecule has 2 N–H and O–H groups in total. The molecular formula is C23H22N4O3S. The van der Waals surface area contributed by atoms with E-state index in [2.05, 4.69) is 20.2 Å². The van der Waals surface area contributed by atoms with Gasteiger partial charge in [0.2, 0.25) is 9.84 Å². The Hall–Kier alpha value is -3.36. The van der Waals surface area contributed by atoms with Crippen LogP contribution in [0.5, 0.6) is 11.5 Å². The van der Waals surface area contributed by atoms with Crippen LogP contribution in [0.1, 0.15) is 0 Å². The smallest absolute Gasteiger partial charge is 0.221 e. The monoisotopic (exact) mass is 434 g/mol. The zero-order valence-corrected chi connectivity index (χ0v) is 17.6. The van der Waals surface area contributed by atoms with Gasteiger partial charge >= 0.3 is 0 Å². The average Bonchev–Trinajstić information content (AvgIpc) is 3.26. The second kappa shape index (κ2) is 8.05. The molecule has 0 spiro atoms. The van der Waals surface area contributed by atoms with E-state index in [1.54, 1.807) is 42.6 Å². The molecule has 5 rings (SSSR count). The Morgan fingerprint density at radius 2 is 1.61 bits per heavy atom. The summed E-state index contributed by atoms with van der Waals surface area (Å²) in [4.78, 5) is 9.97. The Balaban J connectivity index is 1.45. The van der Waals surface area contributed by atoms with Crippen molar-refractivity contribution in [3.63, 3.8) is 0 Å². The fraction of sp³-hybridized carbons (Fsp3) is 0.174. The van der Waals surface area contributed by atoms with Crippen LogP contribution in [0.15, 0.2) is 82.8 Å². The Labute approximate surface area is 180 Å². The first-order chi connectivity index (χ1) is 15.1. The Morgan fingerprint density at radius 1 is 0.903 bits per heavy atom. The summed E-state index contributed by atoms with van der Waals surface area (Å²) in [5.74, 6) is 2.08. The summed E-state index contributed by atoms with van der Waals surface area (Å²) in [7, 11) is -3.71. The van der Waals surface area contributed by atoms with Crippen molar-refractivity contribution in [3.05, 3.63) is 72.9 Å². The molecule has 0 unspecified atom stereocenters. The van der Waals surface area contributed by atoms with Crippen LogP contribution in [0.4, 0.5) is 5.82 Å². The molecule has 1 saturated heterocycles. The standard InChI is InChI=1S/C23H22N4O3S/c28-31(29,19-8-6-18(7-9-19)30-17-4-2-1-3-5-17)22-16-20-21(26-22)10-11-25-23(20)27-14-12-24-13-15-27/h1-11,16,24,26H,12-15H2. The quantitative estimate of drug-likeness (QED) is 0.499. The van der Waals surface area contributed by atoms with E-state index >= 15 is 0 Å². The summed E-state index contributed by atoms with van der Waals surface area (Å²) in [5, 5.41) is 4.29. The molecule has 3 heterocycles. The fourth-order valence-electron chi connectivity index (χ4n) is 3.73. The lowest BCUT2D eigenvalue weighted by Gasteiger charge is -2.28. The number of hydrogen-bond donors (Lipinski definition) is 2. The van der Waals surface area contributed by atoms with Crippen molar-refractivity contribution < 1.29 is 13.2 Å². The van der Waals surface area contributed by atoms with Crippen molar-refractivity contribution in [1.29, 1.82) is 0 Å². The summed E-state index contributed by atoms with van der Waals surface area (Å²) < 4.78 is 32.3. The maximum Gasteiger partial charge on any atom is 0.221 e. The number of piperazine rings is 1. The molecule has 1 aliphatic rings. The number of para-hydroxylation sites is 1. The number of nitrogens with one attached hydrogen (secondary N) is 2. The Morgan fingerprint density at radius 3 is 2.35 bits per heavy atom. The Bertz CT molecular complexity index is 1300. The van der Waals surface area contributed by atoms with E-state index in [4.69, 9.17) is 4.74 Å².